The number of furan rings is 1. The zero-order chi connectivity index (χ0) is 15.8. The normalized spacial score (nSPS) is 15.5. The van der Waals surface area contributed by atoms with Crippen molar-refractivity contribution in [2.75, 3.05) is 6.54 Å². The fourth-order valence-electron chi connectivity index (χ4n) is 2.19. The van der Waals surface area contributed by atoms with Crippen LogP contribution in [0.5, 0.6) is 0 Å². The number of rotatable bonds is 6. The number of hydrogen-bond donors (Lipinski definition) is 0. The first-order chi connectivity index (χ1) is 9.70. The van der Waals surface area contributed by atoms with Crippen molar-refractivity contribution in [3.63, 3.8) is 0 Å². The van der Waals surface area contributed by atoms with Crippen molar-refractivity contribution in [1.82, 2.24) is 4.90 Å². The van der Waals surface area contributed by atoms with Gasteiger partial charge in [-0.25, -0.2) is 8.42 Å². The Labute approximate surface area is 129 Å². The summed E-state index contributed by atoms with van der Waals surface area (Å²) < 4.78 is 28.1. The van der Waals surface area contributed by atoms with Gasteiger partial charge in [-0.1, -0.05) is 13.8 Å². The third kappa shape index (κ3) is 4.01. The van der Waals surface area contributed by atoms with E-state index in [1.54, 1.807) is 4.90 Å². The smallest absolute Gasteiger partial charge is 0.289 e. The van der Waals surface area contributed by atoms with Gasteiger partial charge < -0.3 is 9.32 Å². The second-order valence-corrected chi connectivity index (χ2v) is 8.42. The first-order valence-corrected chi connectivity index (χ1v) is 9.37. The number of hydrogen-bond acceptors (Lipinski definition) is 4. The number of carbonyl (C=O) groups is 1. The van der Waals surface area contributed by atoms with E-state index in [9.17, 15) is 13.2 Å². The number of aryl methyl sites for hydroxylation is 1. The maximum absolute atomic E-state index is 12.5. The molecule has 2 rings (SSSR count). The van der Waals surface area contributed by atoms with Crippen LogP contribution in [0.25, 0.3) is 0 Å². The second kappa shape index (κ2) is 6.01. The van der Waals surface area contributed by atoms with Crippen LogP contribution < -0.4 is 0 Å². The molecule has 0 atom stereocenters. The van der Waals surface area contributed by atoms with E-state index in [1.807, 2.05) is 0 Å². The molecule has 7 heteroatoms. The summed E-state index contributed by atoms with van der Waals surface area (Å²) in [6, 6.07) is 1.47. The molecule has 1 amide bonds. The van der Waals surface area contributed by atoms with Crippen LogP contribution in [0, 0.1) is 12.8 Å². The maximum Gasteiger partial charge on any atom is 0.289 e. The van der Waals surface area contributed by atoms with Crippen LogP contribution in [0.15, 0.2) is 15.4 Å². The molecule has 0 unspecified atom stereocenters. The number of amides is 1. The maximum atomic E-state index is 12.5. The highest BCUT2D eigenvalue weighted by atomic mass is 35.7. The van der Waals surface area contributed by atoms with Crippen molar-refractivity contribution >= 4 is 25.6 Å². The number of carbonyl (C=O) groups excluding carboxylic acids is 1. The Kier molecular flexibility index (Phi) is 4.68. The van der Waals surface area contributed by atoms with Crippen LogP contribution in [0.4, 0.5) is 0 Å². The van der Waals surface area contributed by atoms with Crippen molar-refractivity contribution in [2.45, 2.75) is 51.0 Å². The molecule has 0 aliphatic heterocycles. The Balaban J connectivity index is 2.21. The average Bonchev–Trinajstić information content (AvgIpc) is 3.09. The van der Waals surface area contributed by atoms with Crippen LogP contribution in [-0.2, 0) is 9.05 Å². The quantitative estimate of drug-likeness (QED) is 0.750. The highest BCUT2D eigenvalue weighted by molar-refractivity contribution is 8.13. The molecule has 1 saturated carbocycles. The highest BCUT2D eigenvalue weighted by Crippen LogP contribution is 2.31. The van der Waals surface area contributed by atoms with Crippen molar-refractivity contribution in [3.8, 4) is 0 Å². The zero-order valence-corrected chi connectivity index (χ0v) is 14.0. The first-order valence-electron chi connectivity index (χ1n) is 7.06. The van der Waals surface area contributed by atoms with Crippen LogP contribution in [0.3, 0.4) is 0 Å². The van der Waals surface area contributed by atoms with Gasteiger partial charge >= 0.3 is 0 Å². The summed E-state index contributed by atoms with van der Waals surface area (Å²) in [5.74, 6) is 0.430. The molecule has 1 aromatic heterocycles. The summed E-state index contributed by atoms with van der Waals surface area (Å²) in [5.41, 5.74) is 0. The minimum Gasteiger partial charge on any atom is -0.455 e. The van der Waals surface area contributed by atoms with E-state index in [-0.39, 0.29) is 28.4 Å². The SMILES string of the molecule is Cc1oc(C(=O)N(CCC(C)C)C2CC2)cc1S(=O)(=O)Cl. The molecule has 0 aromatic carbocycles. The number of halogens is 1. The number of nitrogens with zero attached hydrogens (tertiary/aromatic N) is 1. The van der Waals surface area contributed by atoms with E-state index in [0.29, 0.717) is 12.5 Å². The van der Waals surface area contributed by atoms with Crippen molar-refractivity contribution in [3.05, 3.63) is 17.6 Å². The minimum atomic E-state index is -3.89. The van der Waals surface area contributed by atoms with E-state index in [4.69, 9.17) is 15.1 Å². The summed E-state index contributed by atoms with van der Waals surface area (Å²) in [5, 5.41) is 0. The van der Waals surface area contributed by atoms with E-state index in [0.717, 1.165) is 19.3 Å². The van der Waals surface area contributed by atoms with E-state index >= 15 is 0 Å². The van der Waals surface area contributed by atoms with Crippen molar-refractivity contribution in [1.29, 1.82) is 0 Å². The lowest BCUT2D eigenvalue weighted by Gasteiger charge is -2.22. The molecule has 1 aliphatic carbocycles. The van der Waals surface area contributed by atoms with Gasteiger partial charge in [-0.15, -0.1) is 0 Å². The van der Waals surface area contributed by atoms with Gasteiger partial charge in [-0.2, -0.15) is 0 Å². The van der Waals surface area contributed by atoms with Gasteiger partial charge in [0.2, 0.25) is 0 Å². The predicted molar refractivity (Wildman–Crippen MR) is 80.0 cm³/mol. The second-order valence-electron chi connectivity index (χ2n) is 5.88. The van der Waals surface area contributed by atoms with Gasteiger partial charge in [-0.3, -0.25) is 4.79 Å². The molecule has 1 aliphatic rings. The third-order valence-electron chi connectivity index (χ3n) is 3.54. The van der Waals surface area contributed by atoms with Crippen LogP contribution >= 0.6 is 10.7 Å². The lowest BCUT2D eigenvalue weighted by Crippen LogP contribution is -2.34. The monoisotopic (exact) mass is 333 g/mol. The molecule has 0 radical (unpaired) electrons. The van der Waals surface area contributed by atoms with Crippen LogP contribution in [0.2, 0.25) is 0 Å². The summed E-state index contributed by atoms with van der Waals surface area (Å²) in [6.45, 7) is 6.35. The molecule has 1 fully saturated rings. The summed E-state index contributed by atoms with van der Waals surface area (Å²) >= 11 is 0. The molecular formula is C14H20ClNO4S. The molecule has 0 spiro atoms. The minimum absolute atomic E-state index is 0.0439. The highest BCUT2D eigenvalue weighted by Gasteiger charge is 2.35. The first kappa shape index (κ1) is 16.4. The molecule has 21 heavy (non-hydrogen) atoms. The molecule has 5 nitrogen and oxygen atoms in total. The fourth-order valence-corrected chi connectivity index (χ4v) is 3.28. The Morgan fingerprint density at radius 3 is 2.52 bits per heavy atom. The largest absolute Gasteiger partial charge is 0.455 e. The Morgan fingerprint density at radius 2 is 2.10 bits per heavy atom. The van der Waals surface area contributed by atoms with Crippen molar-refractivity contribution < 1.29 is 17.6 Å². The lowest BCUT2D eigenvalue weighted by molar-refractivity contribution is 0.0701. The third-order valence-corrected chi connectivity index (χ3v) is 4.97. The van der Waals surface area contributed by atoms with Gasteiger partial charge in [0.05, 0.1) is 0 Å². The Hall–Kier alpha value is -1.01. The summed E-state index contributed by atoms with van der Waals surface area (Å²) in [7, 11) is 1.43. The van der Waals surface area contributed by atoms with Gasteiger partial charge in [-0.05, 0) is 32.1 Å². The molecule has 0 N–H and O–H groups in total. The molecule has 1 heterocycles. The van der Waals surface area contributed by atoms with Crippen LogP contribution in [0.1, 0.15) is 49.4 Å². The Morgan fingerprint density at radius 1 is 1.48 bits per heavy atom. The fraction of sp³-hybridized carbons (Fsp3) is 0.643. The van der Waals surface area contributed by atoms with Gasteiger partial charge in [0.25, 0.3) is 15.0 Å². The standard InChI is InChI=1S/C14H20ClNO4S/c1-9(2)6-7-16(11-4-5-11)14(17)12-8-13(10(3)20-12)21(15,18)19/h8-9,11H,4-7H2,1-3H3. The van der Waals surface area contributed by atoms with E-state index < -0.39 is 9.05 Å². The molecule has 1 aromatic rings. The Bertz CT molecular complexity index is 631. The average molecular weight is 334 g/mol. The zero-order valence-electron chi connectivity index (χ0n) is 12.4. The topological polar surface area (TPSA) is 67.6 Å². The van der Waals surface area contributed by atoms with Gasteiger partial charge in [0, 0.05) is 29.3 Å². The molecular weight excluding hydrogens is 314 g/mol. The van der Waals surface area contributed by atoms with Gasteiger partial charge in [0.1, 0.15) is 10.7 Å². The molecule has 0 bridgehead atoms. The lowest BCUT2D eigenvalue weighted by atomic mass is 10.1. The summed E-state index contributed by atoms with van der Waals surface area (Å²) in [6.07, 6.45) is 2.89. The summed E-state index contributed by atoms with van der Waals surface area (Å²) in [4.78, 5) is 14.2. The molecule has 0 saturated heterocycles. The predicted octanol–water partition coefficient (Wildman–Crippen LogP) is 3.17. The van der Waals surface area contributed by atoms with Crippen molar-refractivity contribution in [2.24, 2.45) is 5.92 Å². The van der Waals surface area contributed by atoms with Crippen LogP contribution in [-0.4, -0.2) is 31.8 Å². The molecule has 118 valence electrons. The van der Waals surface area contributed by atoms with E-state index in [2.05, 4.69) is 13.8 Å². The van der Waals surface area contributed by atoms with E-state index in [1.165, 1.54) is 13.0 Å². The van der Waals surface area contributed by atoms with Gasteiger partial charge in [0.15, 0.2) is 5.76 Å².